The Morgan fingerprint density at radius 2 is 1.37 bits per heavy atom. The minimum absolute atomic E-state index is 0.0508. The maximum Gasteiger partial charge on any atom is 0.317 e. The number of carbonyl (C=O) groups excluding carboxylic acids is 1. The van der Waals surface area contributed by atoms with Crippen LogP contribution in [0.3, 0.4) is 0 Å². The van der Waals surface area contributed by atoms with Crippen LogP contribution < -0.4 is 9.47 Å². The number of carboxylic acids is 1. The van der Waals surface area contributed by atoms with E-state index in [1.165, 1.54) is 20.3 Å². The molecule has 2 unspecified atom stereocenters. The lowest BCUT2D eigenvalue weighted by Gasteiger charge is -2.15. The van der Waals surface area contributed by atoms with Crippen LogP contribution in [0.15, 0.2) is 21.2 Å². The number of aromatic nitrogens is 2. The van der Waals surface area contributed by atoms with Gasteiger partial charge in [-0.3, -0.25) is 9.59 Å². The van der Waals surface area contributed by atoms with Gasteiger partial charge in [-0.15, -0.1) is 0 Å². The van der Waals surface area contributed by atoms with Crippen molar-refractivity contribution in [1.82, 2.24) is 10.3 Å². The van der Waals surface area contributed by atoms with Crippen LogP contribution in [0.4, 0.5) is 0 Å². The van der Waals surface area contributed by atoms with Crippen LogP contribution in [0.5, 0.6) is 11.8 Å². The second-order valence-electron chi connectivity index (χ2n) is 7.08. The molecule has 2 aromatic rings. The van der Waals surface area contributed by atoms with Crippen LogP contribution in [0.2, 0.25) is 0 Å². The van der Waals surface area contributed by atoms with E-state index in [-0.39, 0.29) is 17.8 Å². The molecule has 0 spiro atoms. The zero-order chi connectivity index (χ0) is 22.8. The Bertz CT molecular complexity index is 796. The molecule has 0 radical (unpaired) electrons. The molecule has 1 N–H and O–H groups in total. The maximum absolute atomic E-state index is 11.7. The molecule has 0 saturated carbocycles. The Morgan fingerprint density at radius 3 is 1.67 bits per heavy atom. The van der Waals surface area contributed by atoms with E-state index in [0.717, 1.165) is 0 Å². The molecule has 10 heteroatoms. The van der Waals surface area contributed by atoms with Crippen molar-refractivity contribution >= 4 is 11.9 Å². The number of methoxy groups -OCH3 is 2. The van der Waals surface area contributed by atoms with Crippen molar-refractivity contribution in [3.63, 3.8) is 0 Å². The predicted molar refractivity (Wildman–Crippen MR) is 106 cm³/mol. The van der Waals surface area contributed by atoms with E-state index in [0.29, 0.717) is 29.9 Å². The van der Waals surface area contributed by atoms with Crippen molar-refractivity contribution in [3.8, 4) is 11.8 Å². The average Bonchev–Trinajstić information content (AvgIpc) is 3.31. The summed E-state index contributed by atoms with van der Waals surface area (Å²) >= 11 is 0. The van der Waals surface area contributed by atoms with E-state index in [9.17, 15) is 9.59 Å². The first-order valence-corrected chi connectivity index (χ1v) is 9.56. The lowest BCUT2D eigenvalue weighted by Crippen LogP contribution is -2.20. The summed E-state index contributed by atoms with van der Waals surface area (Å²) in [5.74, 6) is -0.828. The summed E-state index contributed by atoms with van der Waals surface area (Å²) in [6.45, 7) is 9.61. The van der Waals surface area contributed by atoms with Crippen molar-refractivity contribution in [2.24, 2.45) is 11.8 Å². The molecular formula is C20H30N2O8. The molecule has 2 aromatic heterocycles. The van der Waals surface area contributed by atoms with Gasteiger partial charge in [0.25, 0.3) is 11.8 Å². The lowest BCUT2D eigenvalue weighted by atomic mass is 9.93. The van der Waals surface area contributed by atoms with E-state index in [4.69, 9.17) is 28.4 Å². The Morgan fingerprint density at radius 1 is 0.933 bits per heavy atom. The second kappa shape index (κ2) is 11.8. The van der Waals surface area contributed by atoms with Crippen LogP contribution in [-0.4, -0.2) is 48.2 Å². The van der Waals surface area contributed by atoms with E-state index < -0.39 is 17.8 Å². The first-order chi connectivity index (χ1) is 14.2. The Balaban J connectivity index is 0.000000303. The van der Waals surface area contributed by atoms with Crippen molar-refractivity contribution in [2.45, 2.75) is 46.5 Å². The lowest BCUT2D eigenvalue weighted by molar-refractivity contribution is -0.146. The number of carboxylic acid groups (broad SMARTS) is 1. The van der Waals surface area contributed by atoms with Crippen LogP contribution in [0.25, 0.3) is 0 Å². The predicted octanol–water partition coefficient (Wildman–Crippen LogP) is 3.49. The highest BCUT2D eigenvalue weighted by Gasteiger charge is 2.30. The van der Waals surface area contributed by atoms with Crippen LogP contribution in [-0.2, 0) is 14.3 Å². The summed E-state index contributed by atoms with van der Waals surface area (Å²) in [6.07, 6.45) is 0. The highest BCUT2D eigenvalue weighted by atomic mass is 16.5. The molecule has 10 nitrogen and oxygen atoms in total. The zero-order valence-corrected chi connectivity index (χ0v) is 18.4. The molecule has 0 aliphatic heterocycles. The number of nitrogens with zero attached hydrogens (tertiary/aromatic N) is 2. The highest BCUT2D eigenvalue weighted by Crippen LogP contribution is 2.28. The normalized spacial score (nSPS) is 12.7. The molecule has 168 valence electrons. The molecule has 0 aromatic carbocycles. The van der Waals surface area contributed by atoms with Gasteiger partial charge in [0.15, 0.2) is 11.5 Å². The quantitative estimate of drug-likeness (QED) is 0.594. The van der Waals surface area contributed by atoms with E-state index in [1.807, 2.05) is 27.7 Å². The first-order valence-electron chi connectivity index (χ1n) is 9.56. The fourth-order valence-corrected chi connectivity index (χ4v) is 2.71. The first kappa shape index (κ1) is 25.0. The van der Waals surface area contributed by atoms with Crippen molar-refractivity contribution < 1.29 is 38.0 Å². The molecule has 0 aliphatic rings. The summed E-state index contributed by atoms with van der Waals surface area (Å²) < 4.78 is 24.7. The van der Waals surface area contributed by atoms with Gasteiger partial charge in [0, 0.05) is 12.1 Å². The topological polar surface area (TPSA) is 134 Å². The Hall–Kier alpha value is -3.04. The fraction of sp³-hybridized carbons (Fsp3) is 0.600. The number of hydrogen-bond donors (Lipinski definition) is 1. The van der Waals surface area contributed by atoms with Crippen LogP contribution in [0, 0.1) is 11.8 Å². The van der Waals surface area contributed by atoms with Crippen LogP contribution >= 0.6 is 0 Å². The minimum Gasteiger partial charge on any atom is -0.481 e. The van der Waals surface area contributed by atoms with Gasteiger partial charge in [0.05, 0.1) is 20.8 Å². The standard InChI is InChI=1S/C11H17NO4.C9H13NO4/c1-5-15-11(13)10(7(2)3)8-6-9(14-4)12-16-8;1-5(2)8(9(11)12)6-4-7(13-3)10-14-6/h6-7,10H,5H2,1-4H3;4-5,8H,1-3H3,(H,11,12). The fourth-order valence-electron chi connectivity index (χ4n) is 2.71. The molecule has 0 amide bonds. The van der Waals surface area contributed by atoms with E-state index in [1.54, 1.807) is 13.0 Å². The molecule has 0 bridgehead atoms. The Kier molecular flexibility index (Phi) is 9.87. The van der Waals surface area contributed by atoms with Gasteiger partial charge >= 0.3 is 11.9 Å². The van der Waals surface area contributed by atoms with Gasteiger partial charge in [0.2, 0.25) is 0 Å². The minimum atomic E-state index is -0.918. The number of ether oxygens (including phenoxy) is 3. The molecule has 2 rings (SSSR count). The Labute approximate surface area is 175 Å². The highest BCUT2D eigenvalue weighted by molar-refractivity contribution is 5.77. The second-order valence-corrected chi connectivity index (χ2v) is 7.08. The molecule has 2 atom stereocenters. The monoisotopic (exact) mass is 426 g/mol. The third-order valence-electron chi connectivity index (χ3n) is 4.18. The smallest absolute Gasteiger partial charge is 0.317 e. The van der Waals surface area contributed by atoms with E-state index in [2.05, 4.69) is 10.3 Å². The van der Waals surface area contributed by atoms with Gasteiger partial charge < -0.3 is 28.4 Å². The zero-order valence-electron chi connectivity index (χ0n) is 18.4. The van der Waals surface area contributed by atoms with Gasteiger partial charge in [0.1, 0.15) is 11.8 Å². The third-order valence-corrected chi connectivity index (χ3v) is 4.18. The van der Waals surface area contributed by atoms with Crippen molar-refractivity contribution in [2.75, 3.05) is 20.8 Å². The molecule has 0 saturated heterocycles. The summed E-state index contributed by atoms with van der Waals surface area (Å²) in [4.78, 5) is 22.6. The molecule has 0 fully saturated rings. The molecule has 30 heavy (non-hydrogen) atoms. The van der Waals surface area contributed by atoms with E-state index >= 15 is 0 Å². The maximum atomic E-state index is 11.7. The van der Waals surface area contributed by atoms with Gasteiger partial charge in [-0.2, -0.15) is 0 Å². The largest absolute Gasteiger partial charge is 0.481 e. The SMILES string of the molecule is CCOC(=O)C(c1cc(OC)no1)C(C)C.COc1cc(C(C(=O)O)C(C)C)on1. The third kappa shape index (κ3) is 6.78. The number of esters is 1. The van der Waals surface area contributed by atoms with Gasteiger partial charge in [-0.25, -0.2) is 0 Å². The molecule has 2 heterocycles. The van der Waals surface area contributed by atoms with Gasteiger partial charge in [-0.05, 0) is 29.1 Å². The van der Waals surface area contributed by atoms with Gasteiger partial charge in [-0.1, -0.05) is 27.7 Å². The summed E-state index contributed by atoms with van der Waals surface area (Å²) in [6, 6.07) is 3.11. The van der Waals surface area contributed by atoms with Crippen LogP contribution in [0.1, 0.15) is 58.0 Å². The number of hydrogen-bond acceptors (Lipinski definition) is 9. The van der Waals surface area contributed by atoms with Crippen molar-refractivity contribution in [1.29, 1.82) is 0 Å². The summed E-state index contributed by atoms with van der Waals surface area (Å²) in [5.41, 5.74) is 0. The molecule has 0 aliphatic carbocycles. The molecular weight excluding hydrogens is 396 g/mol. The number of aliphatic carboxylic acids is 1. The van der Waals surface area contributed by atoms with Crippen molar-refractivity contribution in [3.05, 3.63) is 23.7 Å². The number of carbonyl (C=O) groups is 2. The number of rotatable bonds is 9. The average molecular weight is 426 g/mol. The summed E-state index contributed by atoms with van der Waals surface area (Å²) in [7, 11) is 2.95. The summed E-state index contributed by atoms with van der Waals surface area (Å²) in [5, 5.41) is 16.2.